The second-order valence-corrected chi connectivity index (χ2v) is 6.68. The van der Waals surface area contributed by atoms with Crippen LogP contribution in [-0.2, 0) is 0 Å². The maximum atomic E-state index is 6.04. The molecule has 3 rings (SSSR count). The van der Waals surface area contributed by atoms with Gasteiger partial charge in [-0.1, -0.05) is 25.6 Å². The van der Waals surface area contributed by atoms with Crippen molar-refractivity contribution in [2.75, 3.05) is 21.9 Å². The number of anilines is 3. The lowest BCUT2D eigenvalue weighted by atomic mass is 10.1. The third-order valence-electron chi connectivity index (χ3n) is 3.89. The van der Waals surface area contributed by atoms with E-state index in [2.05, 4.69) is 39.8 Å². The minimum atomic E-state index is 0.483. The van der Waals surface area contributed by atoms with Gasteiger partial charge in [0.2, 0.25) is 0 Å². The van der Waals surface area contributed by atoms with E-state index in [4.69, 9.17) is 5.73 Å². The topological polar surface area (TPSA) is 79.1 Å². The van der Waals surface area contributed by atoms with Gasteiger partial charge < -0.3 is 5.73 Å². The van der Waals surface area contributed by atoms with E-state index in [1.165, 1.54) is 19.3 Å². The van der Waals surface area contributed by atoms with Crippen molar-refractivity contribution in [3.63, 3.8) is 0 Å². The van der Waals surface area contributed by atoms with Gasteiger partial charge >= 0.3 is 0 Å². The normalized spacial score (nSPS) is 24.8. The van der Waals surface area contributed by atoms with Gasteiger partial charge in [0.25, 0.3) is 0 Å². The van der Waals surface area contributed by atoms with Gasteiger partial charge in [0.05, 0.1) is 0 Å². The van der Waals surface area contributed by atoms with Crippen LogP contribution in [0.15, 0.2) is 5.16 Å². The number of hydrogen-bond donors (Lipinski definition) is 3. The average molecular weight is 294 g/mol. The molecule has 1 aliphatic heterocycles. The third-order valence-corrected chi connectivity index (χ3v) is 4.95. The van der Waals surface area contributed by atoms with Crippen molar-refractivity contribution >= 4 is 29.1 Å². The Labute approximate surface area is 123 Å². The third kappa shape index (κ3) is 2.52. The van der Waals surface area contributed by atoms with Gasteiger partial charge in [0.1, 0.15) is 5.69 Å². The van der Waals surface area contributed by atoms with Crippen LogP contribution >= 0.6 is 11.8 Å². The number of nitrogens with two attached hydrogens (primary N) is 1. The molecule has 0 aromatic carbocycles. The molecule has 2 aliphatic rings. The number of rotatable bonds is 4. The first-order valence-electron chi connectivity index (χ1n) is 7.30. The summed E-state index contributed by atoms with van der Waals surface area (Å²) >= 11 is 1.66. The molecule has 6 nitrogen and oxygen atoms in total. The summed E-state index contributed by atoms with van der Waals surface area (Å²) in [6.45, 7) is 4.46. The predicted molar refractivity (Wildman–Crippen MR) is 83.5 cm³/mol. The van der Waals surface area contributed by atoms with Gasteiger partial charge in [-0.15, -0.1) is 5.53 Å². The largest absolute Gasteiger partial charge is 0.382 e. The SMILES string of the molecule is CCCSc1nc(N)c2c(n1)N([C@H]1CC[C@@H](C)C1)NN2. The molecule has 1 fully saturated rings. The van der Waals surface area contributed by atoms with E-state index >= 15 is 0 Å². The van der Waals surface area contributed by atoms with Crippen molar-refractivity contribution in [2.45, 2.75) is 50.7 Å². The molecule has 2 heterocycles. The van der Waals surface area contributed by atoms with Crippen LogP contribution in [0.5, 0.6) is 0 Å². The molecule has 4 N–H and O–H groups in total. The molecule has 0 amide bonds. The average Bonchev–Trinajstić information content (AvgIpc) is 3.02. The van der Waals surface area contributed by atoms with Gasteiger partial charge in [0.15, 0.2) is 16.8 Å². The van der Waals surface area contributed by atoms with Crippen LogP contribution in [0.4, 0.5) is 17.3 Å². The van der Waals surface area contributed by atoms with Crippen LogP contribution in [-0.4, -0.2) is 21.8 Å². The zero-order chi connectivity index (χ0) is 14.1. The van der Waals surface area contributed by atoms with Crippen LogP contribution in [0, 0.1) is 5.92 Å². The first-order valence-corrected chi connectivity index (χ1v) is 8.28. The van der Waals surface area contributed by atoms with E-state index in [1.807, 2.05) is 0 Å². The number of fused-ring (bicyclic) bond motifs is 1. The number of nitrogens with zero attached hydrogens (tertiary/aromatic N) is 3. The monoisotopic (exact) mass is 294 g/mol. The number of aromatic nitrogens is 2. The zero-order valence-corrected chi connectivity index (χ0v) is 12.8. The quantitative estimate of drug-likeness (QED) is 0.581. The summed E-state index contributed by atoms with van der Waals surface area (Å²) in [6, 6.07) is 0.483. The standard InChI is InChI=1S/C13H22N6S/c1-3-6-20-13-15-11(14)10-12(16-13)19(18-17-10)9-5-4-8(2)7-9/h8-9,17-18H,3-7H2,1-2H3,(H2,14,15,16)/t8-,9+/m1/s1. The molecule has 1 aromatic rings. The molecule has 0 radical (unpaired) electrons. The Hall–Kier alpha value is -1.21. The second kappa shape index (κ2) is 5.65. The fourth-order valence-electron chi connectivity index (χ4n) is 2.84. The molecular formula is C13H22N6S. The number of hydrogen-bond acceptors (Lipinski definition) is 7. The van der Waals surface area contributed by atoms with Crippen molar-refractivity contribution in [3.8, 4) is 0 Å². The van der Waals surface area contributed by atoms with Crippen LogP contribution in [0.1, 0.15) is 39.5 Å². The molecule has 1 aliphatic carbocycles. The van der Waals surface area contributed by atoms with Gasteiger partial charge in [-0.25, -0.2) is 9.97 Å². The lowest BCUT2D eigenvalue weighted by Gasteiger charge is -2.24. The van der Waals surface area contributed by atoms with E-state index in [0.717, 1.165) is 34.8 Å². The molecule has 1 saturated carbocycles. The molecule has 20 heavy (non-hydrogen) atoms. The Kier molecular flexibility index (Phi) is 3.89. The Balaban J connectivity index is 1.85. The highest BCUT2D eigenvalue weighted by molar-refractivity contribution is 7.99. The number of thioether (sulfide) groups is 1. The number of nitrogens with one attached hydrogen (secondary N) is 2. The highest BCUT2D eigenvalue weighted by Crippen LogP contribution is 2.38. The predicted octanol–water partition coefficient (Wildman–Crippen LogP) is 2.40. The molecule has 1 aromatic heterocycles. The van der Waals surface area contributed by atoms with Crippen LogP contribution in [0.2, 0.25) is 0 Å². The summed E-state index contributed by atoms with van der Waals surface area (Å²) in [4.78, 5) is 9.03. The van der Waals surface area contributed by atoms with E-state index in [-0.39, 0.29) is 0 Å². The minimum absolute atomic E-state index is 0.483. The highest BCUT2D eigenvalue weighted by Gasteiger charge is 2.34. The van der Waals surface area contributed by atoms with Crippen LogP contribution in [0.25, 0.3) is 0 Å². The molecule has 7 heteroatoms. The van der Waals surface area contributed by atoms with Crippen molar-refractivity contribution in [1.82, 2.24) is 15.5 Å². The summed E-state index contributed by atoms with van der Waals surface area (Å²) in [7, 11) is 0. The fraction of sp³-hybridized carbons (Fsp3) is 0.692. The summed E-state index contributed by atoms with van der Waals surface area (Å²) in [5.74, 6) is 3.21. The van der Waals surface area contributed by atoms with E-state index < -0.39 is 0 Å². The number of hydrazine groups is 2. The smallest absolute Gasteiger partial charge is 0.191 e. The van der Waals surface area contributed by atoms with Crippen molar-refractivity contribution in [3.05, 3.63) is 0 Å². The molecule has 0 saturated heterocycles. The fourth-order valence-corrected chi connectivity index (χ4v) is 3.54. The van der Waals surface area contributed by atoms with Gasteiger partial charge in [-0.3, -0.25) is 10.4 Å². The summed E-state index contributed by atoms with van der Waals surface area (Å²) in [6.07, 6.45) is 4.76. The number of nitrogen functional groups attached to an aromatic ring is 1. The first-order chi connectivity index (χ1) is 9.69. The maximum Gasteiger partial charge on any atom is 0.191 e. The van der Waals surface area contributed by atoms with Crippen LogP contribution in [0.3, 0.4) is 0 Å². The van der Waals surface area contributed by atoms with Crippen LogP contribution < -0.4 is 21.7 Å². The van der Waals surface area contributed by atoms with Crippen molar-refractivity contribution in [2.24, 2.45) is 5.92 Å². The minimum Gasteiger partial charge on any atom is -0.382 e. The molecule has 110 valence electrons. The molecule has 0 unspecified atom stereocenters. The summed E-state index contributed by atoms with van der Waals surface area (Å²) < 4.78 is 0. The maximum absolute atomic E-state index is 6.04. The molecule has 0 bridgehead atoms. The lowest BCUT2D eigenvalue weighted by molar-refractivity contribution is 0.535. The van der Waals surface area contributed by atoms with E-state index in [1.54, 1.807) is 11.8 Å². The Morgan fingerprint density at radius 2 is 2.25 bits per heavy atom. The van der Waals surface area contributed by atoms with E-state index in [0.29, 0.717) is 11.9 Å². The molecule has 0 spiro atoms. The first kappa shape index (κ1) is 13.8. The summed E-state index contributed by atoms with van der Waals surface area (Å²) in [5, 5.41) is 2.90. The lowest BCUT2D eigenvalue weighted by Crippen LogP contribution is -2.43. The Bertz CT molecular complexity index is 494. The van der Waals surface area contributed by atoms with Gasteiger partial charge in [0, 0.05) is 11.8 Å². The highest BCUT2D eigenvalue weighted by atomic mass is 32.2. The molecular weight excluding hydrogens is 272 g/mol. The van der Waals surface area contributed by atoms with Crippen molar-refractivity contribution in [1.29, 1.82) is 0 Å². The van der Waals surface area contributed by atoms with E-state index in [9.17, 15) is 0 Å². The van der Waals surface area contributed by atoms with Crippen molar-refractivity contribution < 1.29 is 0 Å². The zero-order valence-electron chi connectivity index (χ0n) is 12.0. The van der Waals surface area contributed by atoms with Gasteiger partial charge in [-0.2, -0.15) is 0 Å². The summed E-state index contributed by atoms with van der Waals surface area (Å²) in [5.41, 5.74) is 13.2. The molecule has 2 atom stereocenters. The Morgan fingerprint density at radius 1 is 1.40 bits per heavy atom. The second-order valence-electron chi connectivity index (χ2n) is 5.62. The Morgan fingerprint density at radius 3 is 2.95 bits per heavy atom. The van der Waals surface area contributed by atoms with Gasteiger partial charge in [-0.05, 0) is 31.6 Å².